The summed E-state index contributed by atoms with van der Waals surface area (Å²) in [4.78, 5) is 0.0579. The molecule has 0 aromatic heterocycles. The zero-order chi connectivity index (χ0) is 15.6. The van der Waals surface area contributed by atoms with E-state index in [-0.39, 0.29) is 15.6 Å². The second-order valence-electron chi connectivity index (χ2n) is 4.48. The molecule has 3 N–H and O–H groups in total. The van der Waals surface area contributed by atoms with Crippen molar-refractivity contribution in [3.8, 4) is 0 Å². The highest BCUT2D eigenvalue weighted by Gasteiger charge is 2.17. The monoisotopic (exact) mass is 324 g/mol. The molecule has 4 nitrogen and oxygen atoms in total. The number of halogens is 1. The Balaban J connectivity index is 2.41. The molecule has 0 fully saturated rings. The molecule has 0 radical (unpaired) electrons. The Morgan fingerprint density at radius 2 is 1.95 bits per heavy atom. The minimum absolute atomic E-state index is 0.0336. The van der Waals surface area contributed by atoms with Crippen LogP contribution in [-0.2, 0) is 10.0 Å². The molecule has 21 heavy (non-hydrogen) atoms. The molecule has 0 heterocycles. The molecule has 0 atom stereocenters. The summed E-state index contributed by atoms with van der Waals surface area (Å²) < 4.78 is 40.4. The Kier molecular flexibility index (Phi) is 4.24. The van der Waals surface area contributed by atoms with Crippen molar-refractivity contribution in [1.82, 2.24) is 0 Å². The van der Waals surface area contributed by atoms with Gasteiger partial charge >= 0.3 is 0 Å². The highest BCUT2D eigenvalue weighted by atomic mass is 32.2. The Hall–Kier alpha value is -1.99. The van der Waals surface area contributed by atoms with Crippen LogP contribution in [0.5, 0.6) is 0 Å². The molecule has 2 aromatic carbocycles. The Morgan fingerprint density at radius 1 is 1.24 bits per heavy atom. The number of nitrogens with two attached hydrogens (primary N) is 1. The van der Waals surface area contributed by atoms with E-state index in [1.165, 1.54) is 30.3 Å². The fraction of sp³-hybridized carbons (Fsp3) is 0.0714. The topological polar surface area (TPSA) is 72.2 Å². The molecule has 0 aliphatic rings. The summed E-state index contributed by atoms with van der Waals surface area (Å²) in [6, 6.07) is 10.0. The van der Waals surface area contributed by atoms with Crippen LogP contribution in [0.2, 0.25) is 0 Å². The van der Waals surface area contributed by atoms with Gasteiger partial charge in [-0.05, 0) is 36.8 Å². The lowest BCUT2D eigenvalue weighted by Gasteiger charge is -2.10. The van der Waals surface area contributed by atoms with Crippen LogP contribution in [0.1, 0.15) is 11.1 Å². The average Bonchev–Trinajstić information content (AvgIpc) is 2.43. The number of benzene rings is 2. The van der Waals surface area contributed by atoms with E-state index in [1.54, 1.807) is 19.1 Å². The van der Waals surface area contributed by atoms with Crippen LogP contribution >= 0.6 is 12.2 Å². The molecule has 0 saturated carbocycles. The fourth-order valence-corrected chi connectivity index (χ4v) is 2.97. The molecule has 0 bridgehead atoms. The molecular formula is C14H13FN2O2S2. The van der Waals surface area contributed by atoms with Gasteiger partial charge in [-0.3, -0.25) is 4.72 Å². The predicted octanol–water partition coefficient (Wildman–Crippen LogP) is 2.57. The molecule has 0 spiro atoms. The van der Waals surface area contributed by atoms with E-state index in [9.17, 15) is 12.8 Å². The average molecular weight is 324 g/mol. The van der Waals surface area contributed by atoms with Crippen molar-refractivity contribution in [2.45, 2.75) is 11.8 Å². The highest BCUT2D eigenvalue weighted by molar-refractivity contribution is 7.92. The number of sulfonamides is 1. The van der Waals surface area contributed by atoms with Crippen molar-refractivity contribution < 1.29 is 12.8 Å². The summed E-state index contributed by atoms with van der Waals surface area (Å²) in [5, 5.41) is 0. The molecule has 0 aliphatic heterocycles. The first kappa shape index (κ1) is 15.4. The number of nitrogens with one attached hydrogen (secondary N) is 1. The zero-order valence-corrected chi connectivity index (χ0v) is 12.8. The molecular weight excluding hydrogens is 311 g/mol. The van der Waals surface area contributed by atoms with E-state index in [0.29, 0.717) is 5.56 Å². The Morgan fingerprint density at radius 3 is 2.62 bits per heavy atom. The van der Waals surface area contributed by atoms with Gasteiger partial charge in [0.1, 0.15) is 10.8 Å². The summed E-state index contributed by atoms with van der Waals surface area (Å²) in [5.41, 5.74) is 6.55. The number of anilines is 1. The van der Waals surface area contributed by atoms with Gasteiger partial charge in [0.25, 0.3) is 10.0 Å². The first-order valence-electron chi connectivity index (χ1n) is 5.98. The molecule has 110 valence electrons. The summed E-state index contributed by atoms with van der Waals surface area (Å²) in [6.45, 7) is 1.74. The van der Waals surface area contributed by atoms with Crippen molar-refractivity contribution in [3.63, 3.8) is 0 Å². The largest absolute Gasteiger partial charge is 0.389 e. The van der Waals surface area contributed by atoms with E-state index in [2.05, 4.69) is 4.72 Å². The molecule has 2 aromatic rings. The molecule has 0 aliphatic carbocycles. The minimum Gasteiger partial charge on any atom is -0.389 e. The molecule has 2 rings (SSSR count). The molecule has 7 heteroatoms. The zero-order valence-electron chi connectivity index (χ0n) is 11.1. The van der Waals surface area contributed by atoms with Gasteiger partial charge in [0, 0.05) is 5.56 Å². The number of rotatable bonds is 4. The Bertz CT molecular complexity index is 804. The van der Waals surface area contributed by atoms with Gasteiger partial charge in [-0.2, -0.15) is 0 Å². The first-order chi connectivity index (χ1) is 9.79. The molecule has 0 amide bonds. The lowest BCUT2D eigenvalue weighted by Crippen LogP contribution is -2.16. The van der Waals surface area contributed by atoms with Crippen molar-refractivity contribution in [2.24, 2.45) is 5.73 Å². The van der Waals surface area contributed by atoms with E-state index < -0.39 is 15.8 Å². The van der Waals surface area contributed by atoms with E-state index >= 15 is 0 Å². The number of aryl methyl sites for hydroxylation is 1. The van der Waals surface area contributed by atoms with Gasteiger partial charge < -0.3 is 5.73 Å². The lowest BCUT2D eigenvalue weighted by atomic mass is 10.2. The molecule has 0 unspecified atom stereocenters. The summed E-state index contributed by atoms with van der Waals surface area (Å²) in [7, 11) is -3.91. The van der Waals surface area contributed by atoms with Crippen molar-refractivity contribution >= 4 is 32.9 Å². The minimum atomic E-state index is -3.91. The third kappa shape index (κ3) is 3.56. The van der Waals surface area contributed by atoms with Crippen molar-refractivity contribution in [3.05, 3.63) is 59.4 Å². The maximum absolute atomic E-state index is 13.7. The van der Waals surface area contributed by atoms with Crippen LogP contribution in [0.15, 0.2) is 47.4 Å². The van der Waals surface area contributed by atoms with Gasteiger partial charge in [-0.1, -0.05) is 30.4 Å². The number of hydrogen-bond acceptors (Lipinski definition) is 3. The lowest BCUT2D eigenvalue weighted by molar-refractivity contribution is 0.598. The van der Waals surface area contributed by atoms with Crippen LogP contribution in [0.4, 0.5) is 10.1 Å². The van der Waals surface area contributed by atoms with Crippen LogP contribution < -0.4 is 10.5 Å². The summed E-state index contributed by atoms with van der Waals surface area (Å²) >= 11 is 4.81. The second kappa shape index (κ2) is 5.79. The standard InChI is InChI=1S/C14H13FN2O2S2/c1-9-5-6-12(15)13(7-9)17-21(18,19)11-4-2-3-10(8-11)14(16)20/h2-8,17H,1H3,(H2,16,20). The molecule has 0 saturated heterocycles. The van der Waals surface area contributed by atoms with Gasteiger partial charge in [-0.15, -0.1) is 0 Å². The number of hydrogen-bond donors (Lipinski definition) is 2. The summed E-state index contributed by atoms with van der Waals surface area (Å²) in [6.07, 6.45) is 0. The Labute approximate surface area is 127 Å². The maximum Gasteiger partial charge on any atom is 0.262 e. The van der Waals surface area contributed by atoms with Crippen LogP contribution in [0, 0.1) is 12.7 Å². The number of thiocarbonyl (C=S) groups is 1. The second-order valence-corrected chi connectivity index (χ2v) is 6.60. The van der Waals surface area contributed by atoms with Crippen LogP contribution in [-0.4, -0.2) is 13.4 Å². The van der Waals surface area contributed by atoms with E-state index in [4.69, 9.17) is 18.0 Å². The van der Waals surface area contributed by atoms with E-state index in [1.807, 2.05) is 0 Å². The normalized spacial score (nSPS) is 11.1. The van der Waals surface area contributed by atoms with Gasteiger partial charge in [0.05, 0.1) is 10.6 Å². The quantitative estimate of drug-likeness (QED) is 0.848. The third-order valence-electron chi connectivity index (χ3n) is 2.80. The van der Waals surface area contributed by atoms with Crippen molar-refractivity contribution in [2.75, 3.05) is 4.72 Å². The third-order valence-corrected chi connectivity index (χ3v) is 4.39. The smallest absolute Gasteiger partial charge is 0.262 e. The maximum atomic E-state index is 13.7. The first-order valence-corrected chi connectivity index (χ1v) is 7.87. The van der Waals surface area contributed by atoms with Crippen LogP contribution in [0.3, 0.4) is 0 Å². The summed E-state index contributed by atoms with van der Waals surface area (Å²) in [5.74, 6) is -0.644. The highest BCUT2D eigenvalue weighted by Crippen LogP contribution is 2.21. The van der Waals surface area contributed by atoms with Gasteiger partial charge in [0.15, 0.2) is 0 Å². The van der Waals surface area contributed by atoms with Gasteiger partial charge in [0.2, 0.25) is 0 Å². The fourth-order valence-electron chi connectivity index (χ4n) is 1.74. The predicted molar refractivity (Wildman–Crippen MR) is 84.3 cm³/mol. The van der Waals surface area contributed by atoms with Crippen molar-refractivity contribution in [1.29, 1.82) is 0 Å². The van der Waals surface area contributed by atoms with Gasteiger partial charge in [-0.25, -0.2) is 12.8 Å². The SMILES string of the molecule is Cc1ccc(F)c(NS(=O)(=O)c2cccc(C(N)=S)c2)c1. The van der Waals surface area contributed by atoms with E-state index in [0.717, 1.165) is 5.56 Å². The van der Waals surface area contributed by atoms with Crippen LogP contribution in [0.25, 0.3) is 0 Å².